The fourth-order valence-electron chi connectivity index (χ4n) is 11.7. The molecule has 0 heterocycles. The highest BCUT2D eigenvalue weighted by Gasteiger charge is 2.30. The van der Waals surface area contributed by atoms with Gasteiger partial charge in [0, 0.05) is 25.7 Å². The van der Waals surface area contributed by atoms with Crippen LogP contribution in [0, 0.1) is 5.92 Å². The fraction of sp³-hybridized carbons (Fsp3) is 0.947. The number of hydrogen-bond donors (Lipinski definition) is 3. The third-order valence-electron chi connectivity index (χ3n) is 17.8. The lowest BCUT2D eigenvalue weighted by molar-refractivity contribution is -0.161. The number of aliphatic hydroxyl groups is 1. The number of carbonyl (C=O) groups is 4. The second-order valence-corrected chi connectivity index (χ2v) is 30.8. The molecule has 3 N–H and O–H groups in total. The topological polar surface area (TPSA) is 237 Å². The van der Waals surface area contributed by atoms with Gasteiger partial charge in [-0.1, -0.05) is 349 Å². The maximum Gasteiger partial charge on any atom is 0.472 e. The Morgan fingerprint density at radius 3 is 0.716 bits per heavy atom. The maximum atomic E-state index is 13.1. The lowest BCUT2D eigenvalue weighted by atomic mass is 10.0. The van der Waals surface area contributed by atoms with E-state index in [9.17, 15) is 43.2 Å². The van der Waals surface area contributed by atoms with E-state index in [-0.39, 0.29) is 25.7 Å². The molecule has 95 heavy (non-hydrogen) atoms. The molecule has 17 nitrogen and oxygen atoms in total. The summed E-state index contributed by atoms with van der Waals surface area (Å²) in [4.78, 5) is 72.7. The van der Waals surface area contributed by atoms with Gasteiger partial charge >= 0.3 is 39.5 Å². The number of carbonyl (C=O) groups excluding carboxylic acids is 4. The smallest absolute Gasteiger partial charge is 0.462 e. The molecule has 0 bridgehead atoms. The van der Waals surface area contributed by atoms with Crippen molar-refractivity contribution in [3.63, 3.8) is 0 Å². The zero-order valence-corrected chi connectivity index (χ0v) is 63.6. The predicted octanol–water partition coefficient (Wildman–Crippen LogP) is 22.5. The van der Waals surface area contributed by atoms with E-state index in [1.165, 1.54) is 218 Å². The van der Waals surface area contributed by atoms with Crippen LogP contribution in [0.15, 0.2) is 0 Å². The van der Waals surface area contributed by atoms with Crippen molar-refractivity contribution < 1.29 is 80.2 Å². The number of hydrogen-bond acceptors (Lipinski definition) is 15. The van der Waals surface area contributed by atoms with E-state index in [1.807, 2.05) is 0 Å². The van der Waals surface area contributed by atoms with Crippen molar-refractivity contribution in [3.8, 4) is 0 Å². The molecular formula is C76H148O17P2. The van der Waals surface area contributed by atoms with Gasteiger partial charge in [-0.2, -0.15) is 0 Å². The molecule has 0 aromatic heterocycles. The van der Waals surface area contributed by atoms with Crippen molar-refractivity contribution >= 4 is 39.5 Å². The molecule has 5 atom stereocenters. The van der Waals surface area contributed by atoms with E-state index in [1.54, 1.807) is 0 Å². The molecule has 0 fully saturated rings. The van der Waals surface area contributed by atoms with E-state index in [4.69, 9.17) is 37.0 Å². The number of ether oxygens (including phenoxy) is 4. The molecule has 0 radical (unpaired) electrons. The van der Waals surface area contributed by atoms with Crippen LogP contribution in [0.25, 0.3) is 0 Å². The summed E-state index contributed by atoms with van der Waals surface area (Å²) in [7, 11) is -9.91. The quantitative estimate of drug-likeness (QED) is 0.0222. The molecule has 0 aliphatic rings. The summed E-state index contributed by atoms with van der Waals surface area (Å²) in [6, 6.07) is 0. The normalized spacial score (nSPS) is 13.9. The molecule has 0 aliphatic heterocycles. The molecule has 564 valence electrons. The number of unbranched alkanes of at least 4 members (excludes halogenated alkanes) is 48. The Morgan fingerprint density at radius 1 is 0.284 bits per heavy atom. The van der Waals surface area contributed by atoms with Crippen molar-refractivity contribution in [1.82, 2.24) is 0 Å². The minimum Gasteiger partial charge on any atom is -0.462 e. The Kier molecular flexibility index (Phi) is 67.7. The number of phosphoric acid groups is 2. The fourth-order valence-corrected chi connectivity index (χ4v) is 13.3. The van der Waals surface area contributed by atoms with Crippen LogP contribution in [0.3, 0.4) is 0 Å². The van der Waals surface area contributed by atoms with Crippen molar-refractivity contribution in [1.29, 1.82) is 0 Å². The largest absolute Gasteiger partial charge is 0.472 e. The molecule has 0 saturated carbocycles. The average molecular weight is 1400 g/mol. The third kappa shape index (κ3) is 70.3. The van der Waals surface area contributed by atoms with Crippen molar-refractivity contribution in [2.45, 2.75) is 419 Å². The number of rotatable bonds is 76. The number of esters is 4. The minimum atomic E-state index is -4.96. The second-order valence-electron chi connectivity index (χ2n) is 27.9. The summed E-state index contributed by atoms with van der Waals surface area (Å²) < 4.78 is 68.4. The van der Waals surface area contributed by atoms with Gasteiger partial charge in [0.2, 0.25) is 0 Å². The molecule has 0 spiro atoms. The highest BCUT2D eigenvalue weighted by atomic mass is 31.2. The molecule has 0 aromatic rings. The lowest BCUT2D eigenvalue weighted by Crippen LogP contribution is -2.30. The van der Waals surface area contributed by atoms with Gasteiger partial charge in [0.25, 0.3) is 0 Å². The Morgan fingerprint density at radius 2 is 0.484 bits per heavy atom. The van der Waals surface area contributed by atoms with E-state index in [2.05, 4.69) is 34.6 Å². The van der Waals surface area contributed by atoms with Crippen LogP contribution in [-0.4, -0.2) is 96.7 Å². The van der Waals surface area contributed by atoms with Crippen LogP contribution in [-0.2, 0) is 65.4 Å². The number of phosphoric ester groups is 2. The van der Waals surface area contributed by atoms with Gasteiger partial charge in [0.15, 0.2) is 12.2 Å². The molecule has 19 heteroatoms. The molecule has 0 aliphatic carbocycles. The SMILES string of the molecule is CCCCCCCCCCCCCCCCCCCCCC(=O)O[C@H](COC(=O)CCCCCCCCCCCCCCCCCCC)COP(=O)(O)OC[C@@H](O)COP(=O)(O)OC[C@@H](COC(=O)CCCCCCCCC(C)C)OC(=O)CCCCCCCCCCCC. The number of aliphatic hydroxyl groups excluding tert-OH is 1. The van der Waals surface area contributed by atoms with Crippen LogP contribution >= 0.6 is 15.6 Å². The third-order valence-corrected chi connectivity index (χ3v) is 19.7. The predicted molar refractivity (Wildman–Crippen MR) is 386 cm³/mol. The maximum absolute atomic E-state index is 13.1. The van der Waals surface area contributed by atoms with Crippen LogP contribution in [0.5, 0.6) is 0 Å². The van der Waals surface area contributed by atoms with Gasteiger partial charge in [-0.3, -0.25) is 37.3 Å². The van der Waals surface area contributed by atoms with Crippen molar-refractivity contribution in [2.75, 3.05) is 39.6 Å². The highest BCUT2D eigenvalue weighted by Crippen LogP contribution is 2.45. The van der Waals surface area contributed by atoms with Crippen LogP contribution in [0.4, 0.5) is 0 Å². The van der Waals surface area contributed by atoms with Crippen LogP contribution in [0.2, 0.25) is 0 Å². The summed E-state index contributed by atoms with van der Waals surface area (Å²) in [5, 5.41) is 10.6. The van der Waals surface area contributed by atoms with E-state index >= 15 is 0 Å². The van der Waals surface area contributed by atoms with Gasteiger partial charge < -0.3 is 33.8 Å². The summed E-state index contributed by atoms with van der Waals surface area (Å²) in [5.74, 6) is -1.44. The van der Waals surface area contributed by atoms with Crippen LogP contribution in [0.1, 0.15) is 401 Å². The van der Waals surface area contributed by atoms with Gasteiger partial charge in [-0.25, -0.2) is 9.13 Å². The molecule has 0 saturated heterocycles. The van der Waals surface area contributed by atoms with Gasteiger partial charge in [-0.05, 0) is 31.6 Å². The van der Waals surface area contributed by atoms with E-state index in [0.29, 0.717) is 31.6 Å². The second kappa shape index (κ2) is 69.2. The van der Waals surface area contributed by atoms with Crippen molar-refractivity contribution in [3.05, 3.63) is 0 Å². The van der Waals surface area contributed by atoms with Gasteiger partial charge in [-0.15, -0.1) is 0 Å². The first-order valence-electron chi connectivity index (χ1n) is 39.6. The lowest BCUT2D eigenvalue weighted by Gasteiger charge is -2.21. The van der Waals surface area contributed by atoms with E-state index in [0.717, 1.165) is 96.3 Å². The monoisotopic (exact) mass is 1400 g/mol. The van der Waals surface area contributed by atoms with Crippen LogP contribution < -0.4 is 0 Å². The van der Waals surface area contributed by atoms with Gasteiger partial charge in [0.05, 0.1) is 26.4 Å². The zero-order valence-electron chi connectivity index (χ0n) is 61.8. The molecule has 0 aromatic carbocycles. The standard InChI is InChI=1S/C76H148O17P2/c1-6-9-12-15-18-21-24-26-28-30-31-33-35-37-39-42-45-52-57-62-76(81)92-71(65-86-73(78)59-54-49-43-41-38-36-34-32-29-27-25-22-19-16-13-10-7-2)67-90-94(82,83)88-63-70(77)64-89-95(84,85)91-68-72(66-87-74(79)60-55-50-47-46-48-53-58-69(4)5)93-75(80)61-56-51-44-40-23-20-17-14-11-8-3/h69-72,77H,6-68H2,1-5H3,(H,82,83)(H,84,85)/t70-,71-,72-/m1/s1. The summed E-state index contributed by atoms with van der Waals surface area (Å²) in [6.07, 6.45) is 58.5. The summed E-state index contributed by atoms with van der Waals surface area (Å²) in [5.41, 5.74) is 0. The molecule has 0 rings (SSSR count). The Labute approximate surface area is 581 Å². The van der Waals surface area contributed by atoms with Gasteiger partial charge in [0.1, 0.15) is 19.3 Å². The Hall–Kier alpha value is -1.94. The average Bonchev–Trinajstić information content (AvgIpc) is 1.99. The van der Waals surface area contributed by atoms with E-state index < -0.39 is 97.5 Å². The Balaban J connectivity index is 5.20. The first kappa shape index (κ1) is 93.1. The summed E-state index contributed by atoms with van der Waals surface area (Å²) >= 11 is 0. The molecule has 2 unspecified atom stereocenters. The minimum absolute atomic E-state index is 0.106. The molecule has 0 amide bonds. The first-order chi connectivity index (χ1) is 46.0. The molecular weight excluding hydrogens is 1250 g/mol. The Bertz CT molecular complexity index is 1820. The first-order valence-corrected chi connectivity index (χ1v) is 42.6. The summed E-state index contributed by atoms with van der Waals surface area (Å²) in [6.45, 7) is 7.20. The zero-order chi connectivity index (χ0) is 69.8. The van der Waals surface area contributed by atoms with Crippen molar-refractivity contribution in [2.24, 2.45) is 5.92 Å². The highest BCUT2D eigenvalue weighted by molar-refractivity contribution is 7.47.